The zero-order chi connectivity index (χ0) is 23.4. The summed E-state index contributed by atoms with van der Waals surface area (Å²) in [6, 6.07) is 18.3. The Hall–Kier alpha value is -3.94. The van der Waals surface area contributed by atoms with E-state index in [-0.39, 0.29) is 18.1 Å². The molecule has 1 aromatic heterocycles. The molecule has 1 N–H and O–H groups in total. The van der Waals surface area contributed by atoms with E-state index in [0.29, 0.717) is 18.8 Å². The van der Waals surface area contributed by atoms with Crippen molar-refractivity contribution in [2.75, 3.05) is 36.4 Å². The van der Waals surface area contributed by atoms with E-state index in [0.717, 1.165) is 34.6 Å². The van der Waals surface area contributed by atoms with E-state index in [2.05, 4.69) is 27.4 Å². The Morgan fingerprint density at radius 2 is 1.64 bits per heavy atom. The largest absolute Gasteiger partial charge is 0.368 e. The summed E-state index contributed by atoms with van der Waals surface area (Å²) < 4.78 is 1.06. The second-order valence-electron chi connectivity index (χ2n) is 8.17. The van der Waals surface area contributed by atoms with E-state index < -0.39 is 11.5 Å². The predicted molar refractivity (Wildman–Crippen MR) is 128 cm³/mol. The fourth-order valence-electron chi connectivity index (χ4n) is 3.78. The Bertz CT molecular complexity index is 1210. The van der Waals surface area contributed by atoms with Crippen LogP contribution in [0.1, 0.15) is 21.6 Å². The van der Waals surface area contributed by atoms with Gasteiger partial charge >= 0.3 is 0 Å². The number of amides is 2. The van der Waals surface area contributed by atoms with Gasteiger partial charge < -0.3 is 15.1 Å². The second-order valence-corrected chi connectivity index (χ2v) is 8.17. The minimum atomic E-state index is -0.434. The molecule has 1 saturated heterocycles. The van der Waals surface area contributed by atoms with Crippen molar-refractivity contribution in [3.8, 4) is 0 Å². The van der Waals surface area contributed by atoms with E-state index in [1.54, 1.807) is 4.90 Å². The molecule has 0 bridgehead atoms. The van der Waals surface area contributed by atoms with Crippen LogP contribution in [0.5, 0.6) is 0 Å². The second kappa shape index (κ2) is 9.68. The maximum absolute atomic E-state index is 12.8. The number of hydrogen-bond donors (Lipinski definition) is 1. The monoisotopic (exact) mass is 445 g/mol. The molecule has 33 heavy (non-hydrogen) atoms. The summed E-state index contributed by atoms with van der Waals surface area (Å²) in [5, 5.41) is 6.93. The summed E-state index contributed by atoms with van der Waals surface area (Å²) in [4.78, 5) is 41.7. The quantitative estimate of drug-likeness (QED) is 0.652. The molecule has 2 aromatic carbocycles. The van der Waals surface area contributed by atoms with Gasteiger partial charge in [0.1, 0.15) is 12.2 Å². The first kappa shape index (κ1) is 22.3. The molecule has 0 saturated carbocycles. The molecule has 3 aromatic rings. The molecule has 170 valence electrons. The number of para-hydroxylation sites is 1. The van der Waals surface area contributed by atoms with Gasteiger partial charge in [0.2, 0.25) is 5.91 Å². The van der Waals surface area contributed by atoms with Gasteiger partial charge in [-0.05, 0) is 55.3 Å². The van der Waals surface area contributed by atoms with Crippen molar-refractivity contribution in [3.63, 3.8) is 0 Å². The Morgan fingerprint density at radius 3 is 2.33 bits per heavy atom. The summed E-state index contributed by atoms with van der Waals surface area (Å²) >= 11 is 0. The number of aryl methyl sites for hydroxylation is 2. The molecule has 2 heterocycles. The molecule has 0 radical (unpaired) electrons. The highest BCUT2D eigenvalue weighted by Crippen LogP contribution is 2.16. The SMILES string of the molecule is Cc1ccc(NC(=O)c2ccc(=O)n(CC(=O)N3CCN(c4ccccc4)CC3)n2)cc1C. The third-order valence-corrected chi connectivity index (χ3v) is 5.90. The van der Waals surface area contributed by atoms with Crippen LogP contribution in [0.2, 0.25) is 0 Å². The molecular formula is C25H27N5O3. The number of aromatic nitrogens is 2. The summed E-state index contributed by atoms with van der Waals surface area (Å²) in [6.07, 6.45) is 0. The first-order valence-electron chi connectivity index (χ1n) is 11.0. The average Bonchev–Trinajstić information content (AvgIpc) is 2.83. The molecule has 1 fully saturated rings. The minimum Gasteiger partial charge on any atom is -0.368 e. The molecule has 1 aliphatic rings. The number of anilines is 2. The molecule has 8 nitrogen and oxygen atoms in total. The van der Waals surface area contributed by atoms with Crippen LogP contribution in [0, 0.1) is 13.8 Å². The molecule has 4 rings (SSSR count). The van der Waals surface area contributed by atoms with E-state index in [1.807, 2.05) is 50.2 Å². The molecule has 0 unspecified atom stereocenters. The van der Waals surface area contributed by atoms with Crippen LogP contribution in [0.25, 0.3) is 0 Å². The standard InChI is InChI=1S/C25H27N5O3/c1-18-8-9-20(16-19(18)2)26-25(33)22-10-11-23(31)30(27-22)17-24(32)29-14-12-28(13-15-29)21-6-4-3-5-7-21/h3-11,16H,12-15,17H2,1-2H3,(H,26,33). The van der Waals surface area contributed by atoms with Gasteiger partial charge in [-0.1, -0.05) is 24.3 Å². The summed E-state index contributed by atoms with van der Waals surface area (Å²) in [7, 11) is 0. The van der Waals surface area contributed by atoms with Gasteiger partial charge in [0.15, 0.2) is 0 Å². The van der Waals surface area contributed by atoms with Crippen molar-refractivity contribution in [2.45, 2.75) is 20.4 Å². The maximum atomic E-state index is 12.8. The highest BCUT2D eigenvalue weighted by atomic mass is 16.2. The normalized spacial score (nSPS) is 13.6. The van der Waals surface area contributed by atoms with Crippen LogP contribution in [-0.2, 0) is 11.3 Å². The van der Waals surface area contributed by atoms with E-state index in [1.165, 1.54) is 12.1 Å². The fourth-order valence-corrected chi connectivity index (χ4v) is 3.78. The first-order chi connectivity index (χ1) is 15.9. The van der Waals surface area contributed by atoms with Gasteiger partial charge in [0, 0.05) is 43.6 Å². The molecular weight excluding hydrogens is 418 g/mol. The number of carbonyl (C=O) groups excluding carboxylic acids is 2. The Morgan fingerprint density at radius 1 is 0.909 bits per heavy atom. The van der Waals surface area contributed by atoms with Crippen LogP contribution in [-0.4, -0.2) is 52.7 Å². The number of nitrogens with one attached hydrogen (secondary N) is 1. The number of benzene rings is 2. The summed E-state index contributed by atoms with van der Waals surface area (Å²) in [6.45, 7) is 6.33. The van der Waals surface area contributed by atoms with E-state index >= 15 is 0 Å². The number of hydrogen-bond acceptors (Lipinski definition) is 5. The summed E-state index contributed by atoms with van der Waals surface area (Å²) in [5.41, 5.74) is 3.62. The third kappa shape index (κ3) is 5.28. The lowest BCUT2D eigenvalue weighted by atomic mass is 10.1. The minimum absolute atomic E-state index is 0.0783. The molecule has 0 atom stereocenters. The van der Waals surface area contributed by atoms with Crippen molar-refractivity contribution in [1.82, 2.24) is 14.7 Å². The molecule has 1 aliphatic heterocycles. The smallest absolute Gasteiger partial charge is 0.276 e. The van der Waals surface area contributed by atoms with Crippen LogP contribution < -0.4 is 15.8 Å². The van der Waals surface area contributed by atoms with Gasteiger partial charge in [-0.15, -0.1) is 0 Å². The number of rotatable bonds is 5. The van der Waals surface area contributed by atoms with Crippen molar-refractivity contribution in [1.29, 1.82) is 0 Å². The highest BCUT2D eigenvalue weighted by molar-refractivity contribution is 6.02. The van der Waals surface area contributed by atoms with Gasteiger partial charge in [-0.2, -0.15) is 5.10 Å². The van der Waals surface area contributed by atoms with Gasteiger partial charge in [-0.25, -0.2) is 4.68 Å². The molecule has 0 spiro atoms. The Kier molecular flexibility index (Phi) is 6.53. The van der Waals surface area contributed by atoms with Crippen LogP contribution >= 0.6 is 0 Å². The van der Waals surface area contributed by atoms with Crippen LogP contribution in [0.3, 0.4) is 0 Å². The van der Waals surface area contributed by atoms with Gasteiger partial charge in [0.25, 0.3) is 11.5 Å². The van der Waals surface area contributed by atoms with Crippen molar-refractivity contribution >= 4 is 23.2 Å². The van der Waals surface area contributed by atoms with Crippen molar-refractivity contribution in [2.24, 2.45) is 0 Å². The Labute approximate surface area is 192 Å². The lowest BCUT2D eigenvalue weighted by Gasteiger charge is -2.36. The lowest BCUT2D eigenvalue weighted by Crippen LogP contribution is -2.50. The zero-order valence-corrected chi connectivity index (χ0v) is 18.8. The topological polar surface area (TPSA) is 87.5 Å². The van der Waals surface area contributed by atoms with Crippen LogP contribution in [0.4, 0.5) is 11.4 Å². The number of carbonyl (C=O) groups is 2. The third-order valence-electron chi connectivity index (χ3n) is 5.90. The first-order valence-corrected chi connectivity index (χ1v) is 11.0. The molecule has 8 heteroatoms. The molecule has 2 amide bonds. The van der Waals surface area contributed by atoms with Gasteiger partial charge in [0.05, 0.1) is 0 Å². The van der Waals surface area contributed by atoms with Crippen molar-refractivity contribution in [3.05, 3.63) is 87.8 Å². The lowest BCUT2D eigenvalue weighted by molar-refractivity contribution is -0.132. The average molecular weight is 446 g/mol. The zero-order valence-electron chi connectivity index (χ0n) is 18.8. The maximum Gasteiger partial charge on any atom is 0.276 e. The van der Waals surface area contributed by atoms with Crippen molar-refractivity contribution < 1.29 is 9.59 Å². The Balaban J connectivity index is 1.39. The van der Waals surface area contributed by atoms with Gasteiger partial charge in [-0.3, -0.25) is 14.4 Å². The fraction of sp³-hybridized carbons (Fsp3) is 0.280. The number of nitrogens with zero attached hydrogens (tertiary/aromatic N) is 4. The predicted octanol–water partition coefficient (Wildman–Crippen LogP) is 2.46. The van der Waals surface area contributed by atoms with Crippen LogP contribution in [0.15, 0.2) is 65.5 Å². The summed E-state index contributed by atoms with van der Waals surface area (Å²) in [5.74, 6) is -0.625. The number of piperazine rings is 1. The highest BCUT2D eigenvalue weighted by Gasteiger charge is 2.22. The van der Waals surface area contributed by atoms with E-state index in [9.17, 15) is 14.4 Å². The van der Waals surface area contributed by atoms with E-state index in [4.69, 9.17) is 0 Å². The molecule has 0 aliphatic carbocycles.